The minimum atomic E-state index is -4.79. The fourth-order valence-electron chi connectivity index (χ4n) is 1.77. The van der Waals surface area contributed by atoms with E-state index >= 15 is 0 Å². The van der Waals surface area contributed by atoms with E-state index in [1.54, 1.807) is 6.92 Å². The molecule has 0 aliphatic carbocycles. The molecule has 0 aromatic heterocycles. The summed E-state index contributed by atoms with van der Waals surface area (Å²) < 4.78 is 74.0. The zero-order valence-electron chi connectivity index (χ0n) is 12.2. The van der Waals surface area contributed by atoms with Gasteiger partial charge in [-0.15, -0.1) is 0 Å². The molecule has 2 aromatic carbocycles. The Morgan fingerprint density at radius 3 is 2.33 bits per heavy atom. The Morgan fingerprint density at radius 2 is 1.71 bits per heavy atom. The molecule has 0 aliphatic heterocycles. The number of halogens is 3. The third-order valence-corrected chi connectivity index (χ3v) is 4.07. The molecule has 0 bridgehead atoms. The van der Waals surface area contributed by atoms with Crippen molar-refractivity contribution in [2.24, 2.45) is 0 Å². The molecule has 0 aliphatic rings. The van der Waals surface area contributed by atoms with Crippen molar-refractivity contribution in [3.8, 4) is 17.6 Å². The van der Waals surface area contributed by atoms with Crippen molar-refractivity contribution in [3.05, 3.63) is 53.3 Å². The third-order valence-electron chi connectivity index (χ3n) is 2.82. The quantitative estimate of drug-likeness (QED) is 0.607. The van der Waals surface area contributed by atoms with Gasteiger partial charge in [0.25, 0.3) is 0 Å². The molecule has 0 unspecified atom stereocenters. The molecule has 0 amide bonds. The molecule has 0 fully saturated rings. The second-order valence-electron chi connectivity index (χ2n) is 4.44. The number of ether oxygens (including phenoxy) is 1. The van der Waals surface area contributed by atoms with Crippen LogP contribution in [-0.2, 0) is 10.1 Å². The summed E-state index contributed by atoms with van der Waals surface area (Å²) in [6, 6.07) is 5.75. The Balaban J connectivity index is 2.47. The Kier molecular flexibility index (Phi) is 4.99. The summed E-state index contributed by atoms with van der Waals surface area (Å²) in [6.07, 6.45) is 0. The molecule has 2 aromatic rings. The summed E-state index contributed by atoms with van der Waals surface area (Å²) in [5.74, 6) is -4.95. The second-order valence-corrected chi connectivity index (χ2v) is 5.96. The van der Waals surface area contributed by atoms with Crippen LogP contribution in [0.1, 0.15) is 12.5 Å². The van der Waals surface area contributed by atoms with Gasteiger partial charge in [-0.1, -0.05) is 0 Å². The van der Waals surface area contributed by atoms with Crippen LogP contribution in [0.3, 0.4) is 0 Å². The SMILES string of the molecule is CCOc1cc(C#N)ccc1OS(=O)(=O)c1cc(F)c(F)cc1F. The Hall–Kier alpha value is -2.73. The van der Waals surface area contributed by atoms with E-state index in [0.717, 1.165) is 6.07 Å². The first-order valence-electron chi connectivity index (χ1n) is 6.54. The molecule has 24 heavy (non-hydrogen) atoms. The first-order chi connectivity index (χ1) is 11.3. The minimum absolute atomic E-state index is 0.0666. The number of benzene rings is 2. The predicted octanol–water partition coefficient (Wildman–Crippen LogP) is 3.14. The fraction of sp³-hybridized carbons (Fsp3) is 0.133. The fourth-order valence-corrected chi connectivity index (χ4v) is 2.78. The standard InChI is InChI=1S/C15H10F3NO4S/c1-2-22-14-5-9(8-19)3-4-13(14)23-24(20,21)15-7-11(17)10(16)6-12(15)18/h3-7H,2H2,1H3. The average Bonchev–Trinajstić information content (AvgIpc) is 2.52. The van der Waals surface area contributed by atoms with Crippen molar-refractivity contribution in [2.45, 2.75) is 11.8 Å². The van der Waals surface area contributed by atoms with Gasteiger partial charge in [0.1, 0.15) is 10.7 Å². The monoisotopic (exact) mass is 357 g/mol. The smallest absolute Gasteiger partial charge is 0.342 e. The van der Waals surface area contributed by atoms with Crippen molar-refractivity contribution in [1.29, 1.82) is 5.26 Å². The Bertz CT molecular complexity index is 923. The molecule has 0 radical (unpaired) electrons. The van der Waals surface area contributed by atoms with E-state index in [4.69, 9.17) is 14.2 Å². The van der Waals surface area contributed by atoms with Crippen molar-refractivity contribution >= 4 is 10.1 Å². The maximum Gasteiger partial charge on any atom is 0.342 e. The number of nitriles is 1. The van der Waals surface area contributed by atoms with Crippen LogP contribution in [0.5, 0.6) is 11.5 Å². The lowest BCUT2D eigenvalue weighted by Crippen LogP contribution is -2.13. The van der Waals surface area contributed by atoms with E-state index in [9.17, 15) is 21.6 Å². The van der Waals surface area contributed by atoms with E-state index < -0.39 is 32.5 Å². The lowest BCUT2D eigenvalue weighted by molar-refractivity contribution is 0.327. The summed E-state index contributed by atoms with van der Waals surface area (Å²) in [7, 11) is -4.79. The first kappa shape index (κ1) is 17.6. The van der Waals surface area contributed by atoms with Crippen molar-refractivity contribution in [3.63, 3.8) is 0 Å². The number of rotatable bonds is 5. The Labute approximate surface area is 136 Å². The highest BCUT2D eigenvalue weighted by molar-refractivity contribution is 7.87. The van der Waals surface area contributed by atoms with E-state index in [2.05, 4.69) is 0 Å². The maximum absolute atomic E-state index is 13.7. The van der Waals surface area contributed by atoms with Crippen LogP contribution in [-0.4, -0.2) is 15.0 Å². The summed E-state index contributed by atoms with van der Waals surface area (Å²) in [4.78, 5) is -1.16. The number of hydrogen-bond acceptors (Lipinski definition) is 5. The van der Waals surface area contributed by atoms with Crippen LogP contribution < -0.4 is 8.92 Å². The predicted molar refractivity (Wildman–Crippen MR) is 76.5 cm³/mol. The average molecular weight is 357 g/mol. The number of hydrogen-bond donors (Lipinski definition) is 0. The van der Waals surface area contributed by atoms with Crippen LogP contribution in [0.25, 0.3) is 0 Å². The molecule has 0 spiro atoms. The van der Waals surface area contributed by atoms with Gasteiger partial charge in [-0.05, 0) is 19.1 Å². The van der Waals surface area contributed by atoms with Crippen LogP contribution in [0, 0.1) is 28.8 Å². The summed E-state index contributed by atoms with van der Waals surface area (Å²) in [5.41, 5.74) is 0.183. The van der Waals surface area contributed by atoms with E-state index in [0.29, 0.717) is 0 Å². The Morgan fingerprint density at radius 1 is 1.04 bits per heavy atom. The lowest BCUT2D eigenvalue weighted by atomic mass is 10.2. The normalized spacial score (nSPS) is 11.0. The van der Waals surface area contributed by atoms with Crippen molar-refractivity contribution < 1.29 is 30.5 Å². The molecule has 2 rings (SSSR count). The van der Waals surface area contributed by atoms with Gasteiger partial charge in [-0.2, -0.15) is 13.7 Å². The molecule has 0 heterocycles. The van der Waals surface area contributed by atoms with Crippen molar-refractivity contribution in [2.75, 3.05) is 6.61 Å². The van der Waals surface area contributed by atoms with Gasteiger partial charge in [0.2, 0.25) is 0 Å². The summed E-state index contributed by atoms with van der Waals surface area (Å²) in [5, 5.41) is 8.83. The molecule has 0 saturated heterocycles. The van der Waals surface area contributed by atoms with Crippen LogP contribution >= 0.6 is 0 Å². The van der Waals surface area contributed by atoms with Gasteiger partial charge in [0.15, 0.2) is 23.1 Å². The molecule has 9 heteroatoms. The maximum atomic E-state index is 13.7. The van der Waals surface area contributed by atoms with Gasteiger partial charge < -0.3 is 8.92 Å². The first-order valence-corrected chi connectivity index (χ1v) is 7.95. The molecular formula is C15H10F3NO4S. The van der Waals surface area contributed by atoms with Crippen LogP contribution in [0.15, 0.2) is 35.2 Å². The van der Waals surface area contributed by atoms with Gasteiger partial charge in [-0.25, -0.2) is 13.2 Å². The van der Waals surface area contributed by atoms with Crippen LogP contribution in [0.2, 0.25) is 0 Å². The van der Waals surface area contributed by atoms with Crippen molar-refractivity contribution in [1.82, 2.24) is 0 Å². The minimum Gasteiger partial charge on any atom is -0.490 e. The summed E-state index contributed by atoms with van der Waals surface area (Å²) in [6.45, 7) is 1.76. The highest BCUT2D eigenvalue weighted by atomic mass is 32.2. The molecule has 0 saturated carbocycles. The lowest BCUT2D eigenvalue weighted by Gasteiger charge is -2.12. The number of nitrogens with zero attached hydrogens (tertiary/aromatic N) is 1. The zero-order valence-corrected chi connectivity index (χ0v) is 13.0. The summed E-state index contributed by atoms with van der Waals surface area (Å²) >= 11 is 0. The van der Waals surface area contributed by atoms with E-state index in [1.807, 2.05) is 6.07 Å². The molecule has 5 nitrogen and oxygen atoms in total. The van der Waals surface area contributed by atoms with Gasteiger partial charge in [-0.3, -0.25) is 0 Å². The van der Waals surface area contributed by atoms with E-state index in [1.165, 1.54) is 12.1 Å². The highest BCUT2D eigenvalue weighted by Gasteiger charge is 2.25. The molecule has 126 valence electrons. The molecule has 0 N–H and O–H groups in total. The van der Waals surface area contributed by atoms with Gasteiger partial charge >= 0.3 is 10.1 Å². The zero-order chi connectivity index (χ0) is 17.9. The largest absolute Gasteiger partial charge is 0.490 e. The highest BCUT2D eigenvalue weighted by Crippen LogP contribution is 2.31. The van der Waals surface area contributed by atoms with Gasteiger partial charge in [0.05, 0.1) is 18.2 Å². The molecule has 0 atom stereocenters. The van der Waals surface area contributed by atoms with Crippen LogP contribution in [0.4, 0.5) is 13.2 Å². The van der Waals surface area contributed by atoms with E-state index in [-0.39, 0.29) is 35.8 Å². The second kappa shape index (κ2) is 6.80. The topological polar surface area (TPSA) is 76.4 Å². The molecular weight excluding hydrogens is 347 g/mol. The third kappa shape index (κ3) is 3.60. The van der Waals surface area contributed by atoms with Gasteiger partial charge in [0, 0.05) is 18.2 Å².